The van der Waals surface area contributed by atoms with Crippen LogP contribution in [0, 0.1) is 16.0 Å². The van der Waals surface area contributed by atoms with Crippen LogP contribution in [0.1, 0.15) is 23.7 Å². The summed E-state index contributed by atoms with van der Waals surface area (Å²) in [5.74, 6) is 0.157. The van der Waals surface area contributed by atoms with E-state index in [2.05, 4.69) is 0 Å². The van der Waals surface area contributed by atoms with Gasteiger partial charge in [0.25, 0.3) is 11.6 Å². The van der Waals surface area contributed by atoms with Gasteiger partial charge in [-0.3, -0.25) is 14.9 Å². The summed E-state index contributed by atoms with van der Waals surface area (Å²) in [6.45, 7) is 3.16. The highest BCUT2D eigenvalue weighted by molar-refractivity contribution is 5.95. The molecule has 0 spiro atoms. The number of likely N-dealkylation sites (tertiary alicyclic amines) is 1. The van der Waals surface area contributed by atoms with Crippen LogP contribution in [0.15, 0.2) is 24.3 Å². The molecule has 7 heteroatoms. The van der Waals surface area contributed by atoms with E-state index in [1.54, 1.807) is 11.0 Å². The fraction of sp³-hybridized carbons (Fsp3) is 0.462. The summed E-state index contributed by atoms with van der Waals surface area (Å²) in [5.41, 5.74) is 5.93. The molecule has 1 heterocycles. The lowest BCUT2D eigenvalue weighted by Gasteiger charge is -2.21. The van der Waals surface area contributed by atoms with Crippen LogP contribution in [0.2, 0.25) is 0 Å². The lowest BCUT2D eigenvalue weighted by atomic mass is 10.1. The number of nitrogens with zero attached hydrogens (tertiary/aromatic N) is 2. The van der Waals surface area contributed by atoms with Crippen molar-refractivity contribution in [1.29, 1.82) is 0 Å². The molecule has 1 amide bonds. The van der Waals surface area contributed by atoms with Crippen molar-refractivity contribution in [2.75, 3.05) is 13.1 Å². The molecule has 1 fully saturated rings. The molecule has 0 radical (unpaired) electrons. The zero-order chi connectivity index (χ0) is 14.0. The number of hydrogen-bond acceptors (Lipinski definition) is 4. The van der Waals surface area contributed by atoms with E-state index in [0.717, 1.165) is 6.42 Å². The number of halogens is 1. The molecule has 2 atom stereocenters. The highest BCUT2D eigenvalue weighted by Gasteiger charge is 2.32. The van der Waals surface area contributed by atoms with Crippen molar-refractivity contribution in [1.82, 2.24) is 4.90 Å². The van der Waals surface area contributed by atoms with Gasteiger partial charge in [-0.2, -0.15) is 0 Å². The summed E-state index contributed by atoms with van der Waals surface area (Å²) >= 11 is 0. The van der Waals surface area contributed by atoms with E-state index in [0.29, 0.717) is 24.6 Å². The highest BCUT2D eigenvalue weighted by Crippen LogP contribution is 2.25. The Labute approximate surface area is 123 Å². The van der Waals surface area contributed by atoms with Crippen LogP contribution in [0.5, 0.6) is 0 Å². The zero-order valence-electron chi connectivity index (χ0n) is 11.2. The van der Waals surface area contributed by atoms with Gasteiger partial charge in [-0.1, -0.05) is 6.07 Å². The van der Waals surface area contributed by atoms with Gasteiger partial charge in [0.05, 0.1) is 4.92 Å². The summed E-state index contributed by atoms with van der Waals surface area (Å²) in [6.07, 6.45) is 0.886. The fourth-order valence-corrected chi connectivity index (χ4v) is 2.51. The van der Waals surface area contributed by atoms with Crippen molar-refractivity contribution in [3.63, 3.8) is 0 Å². The number of carbonyl (C=O) groups excluding carboxylic acids is 1. The topological polar surface area (TPSA) is 89.5 Å². The highest BCUT2D eigenvalue weighted by atomic mass is 35.5. The summed E-state index contributed by atoms with van der Waals surface area (Å²) < 4.78 is 0. The molecule has 1 aliphatic heterocycles. The first-order valence-electron chi connectivity index (χ1n) is 6.28. The molecule has 0 aliphatic carbocycles. The van der Waals surface area contributed by atoms with Crippen LogP contribution >= 0.6 is 12.4 Å². The zero-order valence-corrected chi connectivity index (χ0v) is 12.0. The average Bonchev–Trinajstić information content (AvgIpc) is 2.79. The second-order valence-corrected chi connectivity index (χ2v) is 4.95. The summed E-state index contributed by atoms with van der Waals surface area (Å²) in [4.78, 5) is 24.3. The number of nitrogens with two attached hydrogens (primary N) is 1. The smallest absolute Gasteiger partial charge is 0.270 e. The standard InChI is InChI=1S/C13H17N3O3.ClH/c1-9-5-10(7-14)8-15(9)13(17)11-3-2-4-12(6-11)16(18)19;/h2-4,6,9-10H,5,7-8,14H2,1H3;1H. The van der Waals surface area contributed by atoms with Crippen LogP contribution in [0.3, 0.4) is 0 Å². The Morgan fingerprint density at radius 3 is 2.80 bits per heavy atom. The molecule has 1 saturated heterocycles. The first kappa shape index (κ1) is 16.4. The van der Waals surface area contributed by atoms with Crippen LogP contribution in [-0.4, -0.2) is 34.9 Å². The number of amides is 1. The normalized spacial score (nSPS) is 21.4. The van der Waals surface area contributed by atoms with Crippen molar-refractivity contribution in [3.8, 4) is 0 Å². The van der Waals surface area contributed by atoms with E-state index in [-0.39, 0.29) is 30.0 Å². The number of benzene rings is 1. The second kappa shape index (κ2) is 6.67. The SMILES string of the molecule is CC1CC(CN)CN1C(=O)c1cccc([N+](=O)[O-])c1.Cl. The molecule has 110 valence electrons. The van der Waals surface area contributed by atoms with Crippen molar-refractivity contribution < 1.29 is 9.72 Å². The number of nitro groups is 1. The Morgan fingerprint density at radius 2 is 2.25 bits per heavy atom. The van der Waals surface area contributed by atoms with E-state index in [9.17, 15) is 14.9 Å². The number of non-ortho nitro benzene ring substituents is 1. The van der Waals surface area contributed by atoms with Crippen molar-refractivity contribution in [2.24, 2.45) is 11.7 Å². The first-order valence-corrected chi connectivity index (χ1v) is 6.28. The number of nitro benzene ring substituents is 1. The monoisotopic (exact) mass is 299 g/mol. The van der Waals surface area contributed by atoms with E-state index >= 15 is 0 Å². The second-order valence-electron chi connectivity index (χ2n) is 4.95. The van der Waals surface area contributed by atoms with Crippen LogP contribution < -0.4 is 5.73 Å². The van der Waals surface area contributed by atoms with Gasteiger partial charge in [-0.25, -0.2) is 0 Å². The van der Waals surface area contributed by atoms with Crippen molar-refractivity contribution >= 4 is 24.0 Å². The fourth-order valence-electron chi connectivity index (χ4n) is 2.51. The van der Waals surface area contributed by atoms with E-state index in [1.807, 2.05) is 6.92 Å². The quantitative estimate of drug-likeness (QED) is 0.681. The van der Waals surface area contributed by atoms with Crippen LogP contribution in [-0.2, 0) is 0 Å². The minimum absolute atomic E-state index is 0. The third-order valence-corrected chi connectivity index (χ3v) is 3.56. The van der Waals surface area contributed by atoms with Crippen molar-refractivity contribution in [3.05, 3.63) is 39.9 Å². The maximum absolute atomic E-state index is 12.4. The molecule has 1 aromatic carbocycles. The molecule has 0 bridgehead atoms. The molecular formula is C13H18ClN3O3. The van der Waals surface area contributed by atoms with Gasteiger partial charge in [0, 0.05) is 30.3 Å². The predicted molar refractivity (Wildman–Crippen MR) is 78.0 cm³/mol. The van der Waals surface area contributed by atoms with E-state index < -0.39 is 4.92 Å². The molecular weight excluding hydrogens is 282 g/mol. The molecule has 20 heavy (non-hydrogen) atoms. The Balaban J connectivity index is 0.00000200. The van der Waals surface area contributed by atoms with Gasteiger partial charge in [-0.05, 0) is 31.9 Å². The molecule has 2 N–H and O–H groups in total. The van der Waals surface area contributed by atoms with Crippen molar-refractivity contribution in [2.45, 2.75) is 19.4 Å². The number of hydrogen-bond donors (Lipinski definition) is 1. The molecule has 1 aliphatic rings. The summed E-state index contributed by atoms with van der Waals surface area (Å²) in [6, 6.07) is 5.97. The molecule has 2 rings (SSSR count). The third kappa shape index (κ3) is 3.26. The van der Waals surface area contributed by atoms with Gasteiger partial charge in [-0.15, -0.1) is 12.4 Å². The summed E-state index contributed by atoms with van der Waals surface area (Å²) in [7, 11) is 0. The largest absolute Gasteiger partial charge is 0.336 e. The van der Waals surface area contributed by atoms with Gasteiger partial charge >= 0.3 is 0 Å². The average molecular weight is 300 g/mol. The Kier molecular flexibility index (Phi) is 5.47. The molecule has 0 saturated carbocycles. The van der Waals surface area contributed by atoms with Gasteiger partial charge in [0.15, 0.2) is 0 Å². The molecule has 0 aromatic heterocycles. The Bertz CT molecular complexity index is 509. The third-order valence-electron chi connectivity index (χ3n) is 3.56. The number of rotatable bonds is 3. The Hall–Kier alpha value is -1.66. The minimum Gasteiger partial charge on any atom is -0.336 e. The van der Waals surface area contributed by atoms with Gasteiger partial charge < -0.3 is 10.6 Å². The molecule has 2 unspecified atom stereocenters. The van der Waals surface area contributed by atoms with Crippen LogP contribution in [0.4, 0.5) is 5.69 Å². The minimum atomic E-state index is -0.493. The maximum Gasteiger partial charge on any atom is 0.270 e. The number of carbonyl (C=O) groups is 1. The maximum atomic E-state index is 12.4. The lowest BCUT2D eigenvalue weighted by Crippen LogP contribution is -2.34. The first-order chi connectivity index (χ1) is 9.02. The lowest BCUT2D eigenvalue weighted by molar-refractivity contribution is -0.384. The Morgan fingerprint density at radius 1 is 1.55 bits per heavy atom. The predicted octanol–water partition coefficient (Wildman–Crippen LogP) is 1.83. The van der Waals surface area contributed by atoms with Gasteiger partial charge in [0.2, 0.25) is 0 Å². The summed E-state index contributed by atoms with van der Waals surface area (Å²) in [5, 5.41) is 10.7. The van der Waals surface area contributed by atoms with Crippen LogP contribution in [0.25, 0.3) is 0 Å². The van der Waals surface area contributed by atoms with Gasteiger partial charge in [0.1, 0.15) is 0 Å². The van der Waals surface area contributed by atoms with E-state index in [1.165, 1.54) is 18.2 Å². The molecule has 1 aromatic rings. The van der Waals surface area contributed by atoms with E-state index in [4.69, 9.17) is 5.73 Å². The molecule has 6 nitrogen and oxygen atoms in total.